The molecule has 1 aromatic carbocycles. The van der Waals surface area contributed by atoms with E-state index in [-0.39, 0.29) is 17.8 Å². The molecular formula is C20H25Cl3F3N3O4. The van der Waals surface area contributed by atoms with E-state index in [1.807, 2.05) is 4.90 Å². The quantitative estimate of drug-likeness (QED) is 0.504. The summed E-state index contributed by atoms with van der Waals surface area (Å²) in [4.78, 5) is 27.3. The number of benzene rings is 1. The van der Waals surface area contributed by atoms with Gasteiger partial charge in [-0.25, -0.2) is 9.59 Å². The Hall–Kier alpha value is -1.62. The minimum atomic E-state index is -4.65. The molecule has 186 valence electrons. The van der Waals surface area contributed by atoms with Crippen LogP contribution in [-0.2, 0) is 22.2 Å². The van der Waals surface area contributed by atoms with Crippen LogP contribution in [0.3, 0.4) is 0 Å². The molecule has 0 aromatic heterocycles. The molecule has 0 bridgehead atoms. The van der Waals surface area contributed by atoms with E-state index in [0.29, 0.717) is 26.2 Å². The molecule has 13 heteroatoms. The second kappa shape index (κ2) is 10.8. The van der Waals surface area contributed by atoms with E-state index < -0.39 is 39.9 Å². The molecular weight excluding hydrogens is 510 g/mol. The third-order valence-corrected chi connectivity index (χ3v) is 4.77. The van der Waals surface area contributed by atoms with Gasteiger partial charge in [0.2, 0.25) is 3.79 Å². The number of anilines is 1. The van der Waals surface area contributed by atoms with E-state index in [1.165, 1.54) is 17.0 Å². The molecule has 1 fully saturated rings. The van der Waals surface area contributed by atoms with Gasteiger partial charge >= 0.3 is 18.4 Å². The summed E-state index contributed by atoms with van der Waals surface area (Å²) in [5.41, 5.74) is -1.60. The van der Waals surface area contributed by atoms with Crippen LogP contribution in [0.1, 0.15) is 31.9 Å². The lowest BCUT2D eigenvalue weighted by Crippen LogP contribution is -2.49. The fraction of sp³-hybridized carbons (Fsp3) is 0.600. The molecule has 2 amide bonds. The average Bonchev–Trinajstić information content (AvgIpc) is 2.65. The zero-order valence-corrected chi connectivity index (χ0v) is 20.5. The van der Waals surface area contributed by atoms with Crippen LogP contribution in [0.25, 0.3) is 0 Å². The summed E-state index contributed by atoms with van der Waals surface area (Å²) >= 11 is 16.4. The highest BCUT2D eigenvalue weighted by Crippen LogP contribution is 2.35. The Kier molecular flexibility index (Phi) is 9.00. The number of piperazine rings is 1. The van der Waals surface area contributed by atoms with Crippen LogP contribution in [0.2, 0.25) is 0 Å². The van der Waals surface area contributed by atoms with E-state index in [1.54, 1.807) is 20.8 Å². The van der Waals surface area contributed by atoms with Gasteiger partial charge in [0.1, 0.15) is 12.2 Å². The van der Waals surface area contributed by atoms with Gasteiger partial charge in [0.25, 0.3) is 0 Å². The predicted octanol–water partition coefficient (Wildman–Crippen LogP) is 5.68. The number of rotatable bonds is 4. The van der Waals surface area contributed by atoms with E-state index in [4.69, 9.17) is 39.5 Å². The van der Waals surface area contributed by atoms with Crippen molar-refractivity contribution in [3.8, 4) is 0 Å². The molecule has 0 spiro atoms. The Bertz CT molecular complexity index is 850. The van der Waals surface area contributed by atoms with Gasteiger partial charge in [0.15, 0.2) is 0 Å². The second-order valence-electron chi connectivity index (χ2n) is 8.43. The topological polar surface area (TPSA) is 71.1 Å². The number of hydrogen-bond donors (Lipinski definition) is 1. The van der Waals surface area contributed by atoms with Crippen LogP contribution in [0.4, 0.5) is 28.4 Å². The second-order valence-corrected chi connectivity index (χ2v) is 10.9. The fourth-order valence-corrected chi connectivity index (χ4v) is 3.18. The maximum atomic E-state index is 13.7. The lowest BCUT2D eigenvalue weighted by atomic mass is 10.0. The van der Waals surface area contributed by atoms with Gasteiger partial charge in [0.05, 0.1) is 5.56 Å². The van der Waals surface area contributed by atoms with Crippen LogP contribution in [0.15, 0.2) is 18.2 Å². The Morgan fingerprint density at radius 2 is 1.67 bits per heavy atom. The molecule has 0 saturated carbocycles. The molecule has 0 aliphatic carbocycles. The highest BCUT2D eigenvalue weighted by molar-refractivity contribution is 6.67. The molecule has 1 aliphatic rings. The van der Waals surface area contributed by atoms with Gasteiger partial charge in [-0.05, 0) is 38.5 Å². The van der Waals surface area contributed by atoms with Crippen LogP contribution in [0.5, 0.6) is 0 Å². The summed E-state index contributed by atoms with van der Waals surface area (Å²) in [6.07, 6.45) is -6.15. The molecule has 2 rings (SSSR count). The molecule has 0 atom stereocenters. The molecule has 7 nitrogen and oxygen atoms in total. The summed E-state index contributed by atoms with van der Waals surface area (Å²) in [6, 6.07) is 3.44. The number of nitrogens with zero attached hydrogens (tertiary/aromatic N) is 2. The van der Waals surface area contributed by atoms with Gasteiger partial charge < -0.3 is 14.4 Å². The Morgan fingerprint density at radius 1 is 1.06 bits per heavy atom. The number of alkyl halides is 6. The zero-order valence-electron chi connectivity index (χ0n) is 18.3. The SMILES string of the molecule is CC(C)(C)OC(=O)N1CCN(Cc2ccc(NC(=O)OCC(Cl)(Cl)Cl)cc2C(F)(F)F)CC1. The average molecular weight is 535 g/mol. The van der Waals surface area contributed by atoms with Gasteiger partial charge in [0, 0.05) is 38.4 Å². The summed E-state index contributed by atoms with van der Waals surface area (Å²) in [5, 5.41) is 2.19. The van der Waals surface area contributed by atoms with Gasteiger partial charge in [-0.1, -0.05) is 40.9 Å². The predicted molar refractivity (Wildman–Crippen MR) is 120 cm³/mol. The number of carbonyl (C=O) groups excluding carboxylic acids is 2. The summed E-state index contributed by atoms with van der Waals surface area (Å²) in [7, 11) is 0. The van der Waals surface area contributed by atoms with Gasteiger partial charge in [-0.3, -0.25) is 10.2 Å². The van der Waals surface area contributed by atoms with Crippen molar-refractivity contribution in [2.24, 2.45) is 0 Å². The minimum absolute atomic E-state index is 0.0228. The van der Waals surface area contributed by atoms with E-state index >= 15 is 0 Å². The molecule has 1 N–H and O–H groups in total. The molecule has 33 heavy (non-hydrogen) atoms. The van der Waals surface area contributed by atoms with Crippen LogP contribution < -0.4 is 5.32 Å². The van der Waals surface area contributed by atoms with Gasteiger partial charge in [-0.15, -0.1) is 0 Å². The van der Waals surface area contributed by atoms with Gasteiger partial charge in [-0.2, -0.15) is 13.2 Å². The van der Waals surface area contributed by atoms with Crippen molar-refractivity contribution in [3.63, 3.8) is 0 Å². The van der Waals surface area contributed by atoms with Crippen molar-refractivity contribution in [2.45, 2.75) is 42.9 Å². The Balaban J connectivity index is 2.03. The summed E-state index contributed by atoms with van der Waals surface area (Å²) in [5.74, 6) is 0. The molecule has 0 unspecified atom stereocenters. The van der Waals surface area contributed by atoms with Crippen LogP contribution in [-0.4, -0.2) is 64.2 Å². The third kappa shape index (κ3) is 9.64. The zero-order chi connectivity index (χ0) is 25.0. The monoisotopic (exact) mass is 533 g/mol. The number of ether oxygens (including phenoxy) is 2. The van der Waals surface area contributed by atoms with Crippen molar-refractivity contribution < 1.29 is 32.2 Å². The third-order valence-electron chi connectivity index (χ3n) is 4.45. The van der Waals surface area contributed by atoms with Crippen molar-refractivity contribution in [1.29, 1.82) is 0 Å². The van der Waals surface area contributed by atoms with Crippen molar-refractivity contribution in [1.82, 2.24) is 9.80 Å². The first-order valence-electron chi connectivity index (χ1n) is 9.94. The Labute approximate surface area is 205 Å². The molecule has 1 aromatic rings. The standard InChI is InChI=1S/C20H25Cl3F3N3O4/c1-18(2,3)33-17(31)29-8-6-28(7-9-29)11-13-4-5-14(10-15(13)20(24,25)26)27-16(30)32-12-19(21,22)23/h4-5,10H,6-9,11-12H2,1-3H3,(H,27,30). The highest BCUT2D eigenvalue weighted by atomic mass is 35.6. The molecule has 1 heterocycles. The van der Waals surface area contributed by atoms with Crippen molar-refractivity contribution in [2.75, 3.05) is 38.1 Å². The first-order chi connectivity index (χ1) is 15.0. The molecule has 1 aliphatic heterocycles. The smallest absolute Gasteiger partial charge is 0.416 e. The van der Waals surface area contributed by atoms with E-state index in [9.17, 15) is 22.8 Å². The summed E-state index contributed by atoms with van der Waals surface area (Å²) < 4.78 is 49.2. The maximum Gasteiger partial charge on any atom is 0.416 e. The lowest BCUT2D eigenvalue weighted by molar-refractivity contribution is -0.138. The number of nitrogens with one attached hydrogen (secondary N) is 1. The first-order valence-corrected chi connectivity index (χ1v) is 11.1. The fourth-order valence-electron chi connectivity index (χ4n) is 3.01. The number of hydrogen-bond acceptors (Lipinski definition) is 5. The van der Waals surface area contributed by atoms with E-state index in [0.717, 1.165) is 6.07 Å². The maximum absolute atomic E-state index is 13.7. The largest absolute Gasteiger partial charge is 0.445 e. The minimum Gasteiger partial charge on any atom is -0.445 e. The van der Waals surface area contributed by atoms with Crippen LogP contribution in [0, 0.1) is 0 Å². The molecule has 1 saturated heterocycles. The first kappa shape index (κ1) is 27.6. The lowest BCUT2D eigenvalue weighted by Gasteiger charge is -2.36. The number of carbonyl (C=O) groups is 2. The molecule has 0 radical (unpaired) electrons. The number of halogens is 6. The summed E-state index contributed by atoms with van der Waals surface area (Å²) in [6.45, 7) is 6.20. The van der Waals surface area contributed by atoms with E-state index in [2.05, 4.69) is 10.1 Å². The van der Waals surface area contributed by atoms with Crippen molar-refractivity contribution >= 4 is 52.7 Å². The number of amides is 2. The highest BCUT2D eigenvalue weighted by Gasteiger charge is 2.35. The van der Waals surface area contributed by atoms with Crippen molar-refractivity contribution in [3.05, 3.63) is 29.3 Å². The van der Waals surface area contributed by atoms with Crippen LogP contribution >= 0.6 is 34.8 Å². The normalized spacial score (nSPS) is 15.8. The Morgan fingerprint density at radius 3 is 2.18 bits per heavy atom.